The van der Waals surface area contributed by atoms with Crippen molar-refractivity contribution in [3.8, 4) is 11.5 Å². The lowest BCUT2D eigenvalue weighted by molar-refractivity contribution is 0.0903. The fourth-order valence-corrected chi connectivity index (χ4v) is 2.55. The maximum atomic E-state index is 12.4. The van der Waals surface area contributed by atoms with Crippen LogP contribution in [0.3, 0.4) is 0 Å². The molecule has 1 aromatic carbocycles. The largest absolute Gasteiger partial charge is 0.493 e. The summed E-state index contributed by atoms with van der Waals surface area (Å²) in [7, 11) is 3.19. The average Bonchev–Trinajstić information content (AvgIpc) is 3.10. The van der Waals surface area contributed by atoms with Crippen LogP contribution >= 0.6 is 0 Å². The van der Waals surface area contributed by atoms with Gasteiger partial charge in [0.2, 0.25) is 0 Å². The summed E-state index contributed by atoms with van der Waals surface area (Å²) in [5, 5.41) is 2.93. The number of amides is 1. The third-order valence-electron chi connectivity index (χ3n) is 4.16. The van der Waals surface area contributed by atoms with E-state index in [-0.39, 0.29) is 17.7 Å². The Morgan fingerprint density at radius 3 is 2.56 bits per heavy atom. The maximum absolute atomic E-state index is 12.4. The second-order valence-electron chi connectivity index (χ2n) is 6.84. The molecule has 1 atom stereocenters. The van der Waals surface area contributed by atoms with Gasteiger partial charge in [0, 0.05) is 7.11 Å². The Morgan fingerprint density at radius 1 is 1.11 bits per heavy atom. The first-order valence-electron chi connectivity index (χ1n) is 9.13. The lowest BCUT2D eigenvalue weighted by Crippen LogP contribution is -2.26. The topological polar surface area (TPSA) is 69.9 Å². The summed E-state index contributed by atoms with van der Waals surface area (Å²) >= 11 is 0. The molecule has 0 aliphatic carbocycles. The van der Waals surface area contributed by atoms with Crippen molar-refractivity contribution in [2.45, 2.75) is 39.8 Å². The van der Waals surface area contributed by atoms with E-state index < -0.39 is 0 Å². The van der Waals surface area contributed by atoms with E-state index in [2.05, 4.69) is 19.2 Å². The zero-order chi connectivity index (χ0) is 19.8. The van der Waals surface area contributed by atoms with Crippen molar-refractivity contribution >= 4 is 5.91 Å². The Labute approximate surface area is 160 Å². The fourth-order valence-electron chi connectivity index (χ4n) is 2.55. The highest BCUT2D eigenvalue weighted by atomic mass is 16.5. The molecule has 6 heteroatoms. The van der Waals surface area contributed by atoms with E-state index >= 15 is 0 Å². The van der Waals surface area contributed by atoms with Gasteiger partial charge in [-0.25, -0.2) is 0 Å². The third kappa shape index (κ3) is 6.03. The van der Waals surface area contributed by atoms with Crippen molar-refractivity contribution in [2.24, 2.45) is 5.92 Å². The van der Waals surface area contributed by atoms with Gasteiger partial charge in [0.15, 0.2) is 17.3 Å². The van der Waals surface area contributed by atoms with Crippen molar-refractivity contribution in [1.82, 2.24) is 5.32 Å². The van der Waals surface area contributed by atoms with Crippen LogP contribution < -0.4 is 14.8 Å². The predicted molar refractivity (Wildman–Crippen MR) is 103 cm³/mol. The van der Waals surface area contributed by atoms with Gasteiger partial charge < -0.3 is 23.9 Å². The molecule has 1 N–H and O–H groups in total. The predicted octanol–water partition coefficient (Wildman–Crippen LogP) is 4.35. The number of hydrogen-bond donors (Lipinski definition) is 1. The Kier molecular flexibility index (Phi) is 7.73. The average molecular weight is 375 g/mol. The molecule has 6 nitrogen and oxygen atoms in total. The van der Waals surface area contributed by atoms with Gasteiger partial charge in [-0.1, -0.05) is 19.9 Å². The van der Waals surface area contributed by atoms with Gasteiger partial charge in [-0.05, 0) is 49.1 Å². The van der Waals surface area contributed by atoms with Crippen LogP contribution in [0.25, 0.3) is 0 Å². The molecule has 0 spiro atoms. The molecule has 0 saturated heterocycles. The standard InChI is InChI=1S/C21H29NO5/c1-14(2)10-11-26-18-8-6-16(12-20(18)25-5)15(3)22-21(23)19-9-7-17(27-19)13-24-4/h6-9,12,14-15H,10-11,13H2,1-5H3,(H,22,23). The lowest BCUT2D eigenvalue weighted by atomic mass is 10.1. The van der Waals surface area contributed by atoms with Crippen molar-refractivity contribution in [2.75, 3.05) is 20.8 Å². The van der Waals surface area contributed by atoms with Gasteiger partial charge in [0.05, 0.1) is 19.8 Å². The summed E-state index contributed by atoms with van der Waals surface area (Å²) in [5.74, 6) is 2.53. The molecule has 0 radical (unpaired) electrons. The molecule has 0 aliphatic rings. The number of rotatable bonds is 10. The second kappa shape index (κ2) is 10.0. The molecule has 148 valence electrons. The molecule has 2 aromatic rings. The fraction of sp³-hybridized carbons (Fsp3) is 0.476. The van der Waals surface area contributed by atoms with Crippen LogP contribution in [0.15, 0.2) is 34.7 Å². The van der Waals surface area contributed by atoms with Gasteiger partial charge in [0.1, 0.15) is 12.4 Å². The maximum Gasteiger partial charge on any atom is 0.287 e. The van der Waals surface area contributed by atoms with Gasteiger partial charge in [-0.3, -0.25) is 4.79 Å². The summed E-state index contributed by atoms with van der Waals surface area (Å²) in [5.41, 5.74) is 0.917. The minimum absolute atomic E-state index is 0.216. The SMILES string of the molecule is COCc1ccc(C(=O)NC(C)c2ccc(OCCC(C)C)c(OC)c2)o1. The van der Waals surface area contributed by atoms with E-state index in [1.807, 2.05) is 25.1 Å². The first-order valence-corrected chi connectivity index (χ1v) is 9.13. The lowest BCUT2D eigenvalue weighted by Gasteiger charge is -2.17. The van der Waals surface area contributed by atoms with Crippen LogP contribution in [-0.2, 0) is 11.3 Å². The third-order valence-corrected chi connectivity index (χ3v) is 4.16. The first-order chi connectivity index (χ1) is 12.9. The van der Waals surface area contributed by atoms with Gasteiger partial charge in [-0.2, -0.15) is 0 Å². The molecular weight excluding hydrogens is 346 g/mol. The summed E-state index contributed by atoms with van der Waals surface area (Å²) < 4.78 is 21.7. The molecular formula is C21H29NO5. The molecule has 0 saturated carbocycles. The van der Waals surface area contributed by atoms with Crippen LogP contribution in [0.5, 0.6) is 11.5 Å². The van der Waals surface area contributed by atoms with Crippen LogP contribution in [0.2, 0.25) is 0 Å². The van der Waals surface area contributed by atoms with E-state index in [4.69, 9.17) is 18.6 Å². The van der Waals surface area contributed by atoms with Crippen LogP contribution in [-0.4, -0.2) is 26.7 Å². The van der Waals surface area contributed by atoms with E-state index in [0.29, 0.717) is 36.4 Å². The smallest absolute Gasteiger partial charge is 0.287 e. The van der Waals surface area contributed by atoms with Crippen molar-refractivity contribution < 1.29 is 23.4 Å². The molecule has 27 heavy (non-hydrogen) atoms. The number of methoxy groups -OCH3 is 2. The molecule has 0 bridgehead atoms. The van der Waals surface area contributed by atoms with Crippen molar-refractivity contribution in [3.05, 3.63) is 47.4 Å². The number of hydrogen-bond acceptors (Lipinski definition) is 5. The minimum atomic E-state index is -0.277. The molecule has 1 aromatic heterocycles. The second-order valence-corrected chi connectivity index (χ2v) is 6.84. The summed E-state index contributed by atoms with van der Waals surface area (Å²) in [6, 6.07) is 8.84. The zero-order valence-electron chi connectivity index (χ0n) is 16.7. The highest BCUT2D eigenvalue weighted by Gasteiger charge is 2.17. The number of carbonyl (C=O) groups is 1. The number of nitrogens with one attached hydrogen (secondary N) is 1. The molecule has 0 fully saturated rings. The van der Waals surface area contributed by atoms with Gasteiger partial charge >= 0.3 is 0 Å². The highest BCUT2D eigenvalue weighted by Crippen LogP contribution is 2.30. The zero-order valence-corrected chi connectivity index (χ0v) is 16.7. The van der Waals surface area contributed by atoms with E-state index in [9.17, 15) is 4.79 Å². The number of ether oxygens (including phenoxy) is 3. The molecule has 1 amide bonds. The first kappa shape index (κ1) is 20.8. The van der Waals surface area contributed by atoms with Crippen LogP contribution in [0.4, 0.5) is 0 Å². The Hall–Kier alpha value is -2.47. The molecule has 1 heterocycles. The van der Waals surface area contributed by atoms with E-state index in [0.717, 1.165) is 12.0 Å². The van der Waals surface area contributed by atoms with Crippen LogP contribution in [0.1, 0.15) is 55.1 Å². The van der Waals surface area contributed by atoms with Crippen molar-refractivity contribution in [1.29, 1.82) is 0 Å². The normalized spacial score (nSPS) is 12.1. The van der Waals surface area contributed by atoms with Gasteiger partial charge in [-0.15, -0.1) is 0 Å². The summed E-state index contributed by atoms with van der Waals surface area (Å²) in [4.78, 5) is 12.4. The van der Waals surface area contributed by atoms with E-state index in [1.54, 1.807) is 26.4 Å². The molecule has 0 aliphatic heterocycles. The Morgan fingerprint density at radius 2 is 1.89 bits per heavy atom. The summed E-state index contributed by atoms with van der Waals surface area (Å²) in [6.45, 7) is 7.20. The van der Waals surface area contributed by atoms with E-state index in [1.165, 1.54) is 0 Å². The Bertz CT molecular complexity index is 738. The highest BCUT2D eigenvalue weighted by molar-refractivity contribution is 5.91. The van der Waals surface area contributed by atoms with Crippen molar-refractivity contribution in [3.63, 3.8) is 0 Å². The summed E-state index contributed by atoms with van der Waals surface area (Å²) in [6.07, 6.45) is 0.978. The number of furan rings is 1. The number of carbonyl (C=O) groups excluding carboxylic acids is 1. The molecule has 1 unspecified atom stereocenters. The Balaban J connectivity index is 2.02. The quantitative estimate of drug-likeness (QED) is 0.668. The van der Waals surface area contributed by atoms with Crippen LogP contribution in [0, 0.1) is 5.92 Å². The monoisotopic (exact) mass is 375 g/mol. The molecule has 2 rings (SSSR count). The minimum Gasteiger partial charge on any atom is -0.493 e. The van der Waals surface area contributed by atoms with Gasteiger partial charge in [0.25, 0.3) is 5.91 Å². The number of benzene rings is 1.